The lowest BCUT2D eigenvalue weighted by atomic mass is 10.1. The third-order valence-corrected chi connectivity index (χ3v) is 3.99. The summed E-state index contributed by atoms with van der Waals surface area (Å²) in [5.41, 5.74) is 4.80. The molecule has 0 unspecified atom stereocenters. The molecule has 1 amide bonds. The van der Waals surface area contributed by atoms with Gasteiger partial charge in [0, 0.05) is 17.6 Å². The van der Waals surface area contributed by atoms with Gasteiger partial charge in [-0.05, 0) is 32.9 Å². The molecule has 0 atom stereocenters. The molecular weight excluding hydrogens is 297 g/mol. The van der Waals surface area contributed by atoms with Gasteiger partial charge in [-0.25, -0.2) is 17.5 Å². The second kappa shape index (κ2) is 6.50. The first-order valence-corrected chi connectivity index (χ1v) is 7.83. The maximum atomic E-state index is 13.6. The first kappa shape index (κ1) is 17.5. The molecule has 0 aromatic heterocycles. The average Bonchev–Trinajstić information content (AvgIpc) is 2.34. The van der Waals surface area contributed by atoms with Crippen molar-refractivity contribution in [3.63, 3.8) is 0 Å². The minimum absolute atomic E-state index is 0.110. The number of hydrogen-bond donors (Lipinski definition) is 3. The van der Waals surface area contributed by atoms with Gasteiger partial charge in [0.05, 0.1) is 11.4 Å². The molecule has 0 heterocycles. The number of carbonyl (C=O) groups excluding carboxylic acids is 1. The normalized spacial score (nSPS) is 12.2. The second-order valence-electron chi connectivity index (χ2n) is 5.54. The van der Waals surface area contributed by atoms with Gasteiger partial charge in [-0.3, -0.25) is 4.79 Å². The molecule has 0 saturated heterocycles. The Kier molecular flexibility index (Phi) is 5.43. The molecule has 0 aliphatic heterocycles. The highest BCUT2D eigenvalue weighted by atomic mass is 32.2. The number of hydrogen-bond acceptors (Lipinski definition) is 4. The lowest BCUT2D eigenvalue weighted by molar-refractivity contribution is -0.121. The molecule has 1 aromatic rings. The molecule has 0 saturated carbocycles. The summed E-state index contributed by atoms with van der Waals surface area (Å²) >= 11 is 0. The SMILES string of the molecule is CC(C)(C)NC(=O)CNS(=O)(=O)c1cccc(F)c1CN. The van der Waals surface area contributed by atoms with E-state index in [1.165, 1.54) is 12.1 Å². The van der Waals surface area contributed by atoms with Gasteiger partial charge in [0.2, 0.25) is 15.9 Å². The van der Waals surface area contributed by atoms with Crippen LogP contribution in [0.2, 0.25) is 0 Å². The highest BCUT2D eigenvalue weighted by Crippen LogP contribution is 2.18. The molecule has 1 aromatic carbocycles. The van der Waals surface area contributed by atoms with E-state index in [-0.39, 0.29) is 17.0 Å². The van der Waals surface area contributed by atoms with Gasteiger partial charge in [-0.2, -0.15) is 0 Å². The Morgan fingerprint density at radius 1 is 1.33 bits per heavy atom. The Hall–Kier alpha value is -1.51. The minimum atomic E-state index is -4.01. The first-order valence-electron chi connectivity index (χ1n) is 6.35. The van der Waals surface area contributed by atoms with Crippen LogP contribution in [0.15, 0.2) is 23.1 Å². The van der Waals surface area contributed by atoms with Crippen LogP contribution in [0, 0.1) is 5.82 Å². The Morgan fingerprint density at radius 3 is 2.48 bits per heavy atom. The molecule has 0 spiro atoms. The van der Waals surface area contributed by atoms with E-state index < -0.39 is 33.8 Å². The number of nitrogens with one attached hydrogen (secondary N) is 2. The van der Waals surface area contributed by atoms with E-state index in [1.807, 2.05) is 0 Å². The van der Waals surface area contributed by atoms with Gasteiger partial charge in [-0.15, -0.1) is 0 Å². The molecule has 118 valence electrons. The second-order valence-corrected chi connectivity index (χ2v) is 7.28. The summed E-state index contributed by atoms with van der Waals surface area (Å²) in [6, 6.07) is 3.65. The third-order valence-electron chi connectivity index (χ3n) is 2.51. The summed E-state index contributed by atoms with van der Waals surface area (Å²) in [5.74, 6) is -1.17. The zero-order valence-electron chi connectivity index (χ0n) is 12.2. The summed E-state index contributed by atoms with van der Waals surface area (Å²) in [7, 11) is -4.01. The molecule has 0 bridgehead atoms. The Labute approximate surface area is 124 Å². The molecule has 8 heteroatoms. The third kappa shape index (κ3) is 5.07. The van der Waals surface area contributed by atoms with Crippen molar-refractivity contribution in [1.82, 2.24) is 10.0 Å². The number of carbonyl (C=O) groups is 1. The topological polar surface area (TPSA) is 101 Å². The Morgan fingerprint density at radius 2 is 1.95 bits per heavy atom. The fraction of sp³-hybridized carbons (Fsp3) is 0.462. The maximum absolute atomic E-state index is 13.6. The highest BCUT2D eigenvalue weighted by molar-refractivity contribution is 7.89. The Balaban J connectivity index is 2.89. The van der Waals surface area contributed by atoms with Crippen molar-refractivity contribution in [3.05, 3.63) is 29.6 Å². The summed E-state index contributed by atoms with van der Waals surface area (Å²) in [6.45, 7) is 4.65. The lowest BCUT2D eigenvalue weighted by Gasteiger charge is -2.20. The van der Waals surface area contributed by atoms with Gasteiger partial charge in [0.1, 0.15) is 5.82 Å². The van der Waals surface area contributed by atoms with Crippen LogP contribution in [0.25, 0.3) is 0 Å². The smallest absolute Gasteiger partial charge is 0.241 e. The van der Waals surface area contributed by atoms with Gasteiger partial charge >= 0.3 is 0 Å². The molecule has 0 fully saturated rings. The van der Waals surface area contributed by atoms with Crippen molar-refractivity contribution in [1.29, 1.82) is 0 Å². The fourth-order valence-corrected chi connectivity index (χ4v) is 2.93. The Bertz CT molecular complexity index is 624. The summed E-state index contributed by atoms with van der Waals surface area (Å²) < 4.78 is 39.9. The summed E-state index contributed by atoms with van der Waals surface area (Å²) in [4.78, 5) is 11.4. The molecule has 0 aliphatic carbocycles. The quantitative estimate of drug-likeness (QED) is 0.735. The first-order chi connectivity index (χ1) is 9.57. The van der Waals surface area contributed by atoms with Crippen molar-refractivity contribution in [3.8, 4) is 0 Å². The van der Waals surface area contributed by atoms with Crippen molar-refractivity contribution >= 4 is 15.9 Å². The van der Waals surface area contributed by atoms with Crippen LogP contribution in [-0.2, 0) is 21.4 Å². The van der Waals surface area contributed by atoms with Crippen LogP contribution in [0.4, 0.5) is 4.39 Å². The maximum Gasteiger partial charge on any atom is 0.241 e. The van der Waals surface area contributed by atoms with Crippen LogP contribution >= 0.6 is 0 Å². The zero-order valence-corrected chi connectivity index (χ0v) is 13.1. The summed E-state index contributed by atoms with van der Waals surface area (Å²) in [5, 5.41) is 2.62. The molecule has 1 rings (SSSR count). The van der Waals surface area contributed by atoms with Gasteiger partial charge in [0.25, 0.3) is 0 Å². The van der Waals surface area contributed by atoms with Crippen LogP contribution < -0.4 is 15.8 Å². The zero-order chi connectivity index (χ0) is 16.3. The summed E-state index contributed by atoms with van der Waals surface area (Å²) in [6.07, 6.45) is 0. The number of nitrogens with two attached hydrogens (primary N) is 1. The predicted molar refractivity (Wildman–Crippen MR) is 77.4 cm³/mol. The number of amides is 1. The minimum Gasteiger partial charge on any atom is -0.350 e. The molecular formula is C13H20FN3O3S. The van der Waals surface area contributed by atoms with E-state index in [9.17, 15) is 17.6 Å². The number of sulfonamides is 1. The average molecular weight is 317 g/mol. The lowest BCUT2D eigenvalue weighted by Crippen LogP contribution is -2.45. The van der Waals surface area contributed by atoms with Gasteiger partial charge in [0.15, 0.2) is 0 Å². The van der Waals surface area contributed by atoms with Crippen LogP contribution in [-0.4, -0.2) is 26.4 Å². The number of halogens is 1. The number of benzene rings is 1. The van der Waals surface area contributed by atoms with Crippen molar-refractivity contribution in [2.45, 2.75) is 37.8 Å². The van der Waals surface area contributed by atoms with Gasteiger partial charge < -0.3 is 11.1 Å². The number of rotatable bonds is 5. The van der Waals surface area contributed by atoms with Crippen molar-refractivity contribution in [2.75, 3.05) is 6.54 Å². The van der Waals surface area contributed by atoms with E-state index in [2.05, 4.69) is 10.0 Å². The van der Waals surface area contributed by atoms with Gasteiger partial charge in [-0.1, -0.05) is 6.07 Å². The van der Waals surface area contributed by atoms with E-state index in [1.54, 1.807) is 20.8 Å². The monoisotopic (exact) mass is 317 g/mol. The van der Waals surface area contributed by atoms with E-state index in [4.69, 9.17) is 5.73 Å². The van der Waals surface area contributed by atoms with Crippen molar-refractivity contribution in [2.24, 2.45) is 5.73 Å². The fourth-order valence-electron chi connectivity index (χ4n) is 1.69. The molecule has 0 aliphatic rings. The predicted octanol–water partition coefficient (Wildman–Crippen LogP) is 0.477. The standard InChI is InChI=1S/C13H20FN3O3S/c1-13(2,3)17-12(18)8-16-21(19,20)11-6-4-5-10(14)9(11)7-15/h4-6,16H,7-8,15H2,1-3H3,(H,17,18). The van der Waals surface area contributed by atoms with Crippen LogP contribution in [0.1, 0.15) is 26.3 Å². The molecule has 0 radical (unpaired) electrons. The van der Waals surface area contributed by atoms with Crippen molar-refractivity contribution < 1.29 is 17.6 Å². The van der Waals surface area contributed by atoms with Crippen LogP contribution in [0.3, 0.4) is 0 Å². The molecule has 4 N–H and O–H groups in total. The highest BCUT2D eigenvalue weighted by Gasteiger charge is 2.22. The van der Waals surface area contributed by atoms with E-state index in [0.717, 1.165) is 6.07 Å². The molecule has 6 nitrogen and oxygen atoms in total. The van der Waals surface area contributed by atoms with Crippen LogP contribution in [0.5, 0.6) is 0 Å². The van der Waals surface area contributed by atoms with E-state index >= 15 is 0 Å². The van der Waals surface area contributed by atoms with E-state index in [0.29, 0.717) is 0 Å². The largest absolute Gasteiger partial charge is 0.350 e. The molecule has 21 heavy (non-hydrogen) atoms.